The second kappa shape index (κ2) is 5.42. The fourth-order valence-electron chi connectivity index (χ4n) is 2.85. The Kier molecular flexibility index (Phi) is 3.40. The van der Waals surface area contributed by atoms with Gasteiger partial charge in [0, 0.05) is 12.6 Å². The summed E-state index contributed by atoms with van der Waals surface area (Å²) in [6.07, 6.45) is -4.65. The first-order valence-corrected chi connectivity index (χ1v) is 7.71. The maximum atomic E-state index is 13.7. The van der Waals surface area contributed by atoms with Crippen LogP contribution < -0.4 is 5.56 Å². The summed E-state index contributed by atoms with van der Waals surface area (Å²) < 4.78 is 47.8. The Balaban J connectivity index is 2.18. The van der Waals surface area contributed by atoms with E-state index in [0.29, 0.717) is 5.56 Å². The lowest BCUT2D eigenvalue weighted by atomic mass is 10.1. The average Bonchev–Trinajstić information content (AvgIpc) is 2.97. The molecule has 0 bridgehead atoms. The van der Waals surface area contributed by atoms with E-state index in [-0.39, 0.29) is 33.7 Å². The summed E-state index contributed by atoms with van der Waals surface area (Å²) >= 11 is 0. The molecule has 132 valence electrons. The van der Waals surface area contributed by atoms with Gasteiger partial charge in [-0.3, -0.25) is 9.36 Å². The highest BCUT2D eigenvalue weighted by molar-refractivity contribution is 6.03. The van der Waals surface area contributed by atoms with Crippen molar-refractivity contribution in [3.05, 3.63) is 58.1 Å². The van der Waals surface area contributed by atoms with Crippen molar-refractivity contribution in [3.8, 4) is 11.3 Å². The minimum absolute atomic E-state index is 0.109. The third kappa shape index (κ3) is 2.37. The molecule has 8 heteroatoms. The van der Waals surface area contributed by atoms with Crippen molar-refractivity contribution in [2.24, 2.45) is 7.05 Å². The smallest absolute Gasteiger partial charge is 0.417 e. The number of aryl methyl sites for hydroxylation is 1. The van der Waals surface area contributed by atoms with Crippen molar-refractivity contribution >= 4 is 22.2 Å². The molecule has 0 N–H and O–H groups in total. The van der Waals surface area contributed by atoms with E-state index in [1.807, 2.05) is 0 Å². The molecule has 0 fully saturated rings. The molecule has 0 saturated carbocycles. The molecule has 0 unspecified atom stereocenters. The summed E-state index contributed by atoms with van der Waals surface area (Å²) in [4.78, 5) is 20.7. The monoisotopic (exact) mass is 359 g/mol. The maximum Gasteiger partial charge on any atom is 0.417 e. The van der Waals surface area contributed by atoms with Crippen LogP contribution in [0.4, 0.5) is 13.2 Å². The zero-order chi connectivity index (χ0) is 18.6. The van der Waals surface area contributed by atoms with Gasteiger partial charge in [-0.15, -0.1) is 0 Å². The van der Waals surface area contributed by atoms with Crippen LogP contribution in [0.5, 0.6) is 0 Å². The summed E-state index contributed by atoms with van der Waals surface area (Å²) in [7, 11) is 1.48. The van der Waals surface area contributed by atoms with Gasteiger partial charge in [0.25, 0.3) is 5.56 Å². The van der Waals surface area contributed by atoms with Crippen molar-refractivity contribution in [1.29, 1.82) is 0 Å². The third-order valence-corrected chi connectivity index (χ3v) is 4.27. The van der Waals surface area contributed by atoms with Gasteiger partial charge in [0.05, 0.1) is 16.6 Å². The zero-order valence-electron chi connectivity index (χ0n) is 13.8. The van der Waals surface area contributed by atoms with Gasteiger partial charge in [-0.25, -0.2) is 9.97 Å². The van der Waals surface area contributed by atoms with Gasteiger partial charge in [-0.1, -0.05) is 30.3 Å². The molecule has 0 aliphatic rings. The molecule has 0 saturated heterocycles. The molecule has 0 radical (unpaired) electrons. The summed E-state index contributed by atoms with van der Waals surface area (Å²) in [5, 5.41) is -0.298. The molecule has 26 heavy (non-hydrogen) atoms. The van der Waals surface area contributed by atoms with Crippen LogP contribution in [-0.4, -0.2) is 14.5 Å². The molecule has 1 aromatic carbocycles. The number of rotatable bonds is 1. The summed E-state index contributed by atoms with van der Waals surface area (Å²) in [6.45, 7) is 1.54. The first-order chi connectivity index (χ1) is 12.3. The first kappa shape index (κ1) is 16.3. The Bertz CT molecular complexity index is 1210. The molecule has 4 rings (SSSR count). The molecule has 0 aliphatic heterocycles. The SMILES string of the molecule is Cc1nc2c(oc3nc(-c4ccccc4)cc(C(F)(F)F)c32)c(=O)n1C. The summed E-state index contributed by atoms with van der Waals surface area (Å²) in [6, 6.07) is 9.42. The fourth-order valence-corrected chi connectivity index (χ4v) is 2.85. The molecule has 4 aromatic rings. The van der Waals surface area contributed by atoms with Gasteiger partial charge < -0.3 is 4.42 Å². The fraction of sp³-hybridized carbons (Fsp3) is 0.167. The predicted molar refractivity (Wildman–Crippen MR) is 89.7 cm³/mol. The number of fused-ring (bicyclic) bond motifs is 3. The number of hydrogen-bond acceptors (Lipinski definition) is 4. The minimum Gasteiger partial charge on any atom is -0.430 e. The minimum atomic E-state index is -4.65. The van der Waals surface area contributed by atoms with Crippen LogP contribution in [0, 0.1) is 6.92 Å². The van der Waals surface area contributed by atoms with E-state index in [1.54, 1.807) is 37.3 Å². The number of halogens is 3. The van der Waals surface area contributed by atoms with Gasteiger partial charge >= 0.3 is 6.18 Å². The summed E-state index contributed by atoms with van der Waals surface area (Å²) in [5.41, 5.74) is -1.49. The Morgan fingerprint density at radius 3 is 2.46 bits per heavy atom. The van der Waals surface area contributed by atoms with E-state index in [1.165, 1.54) is 11.6 Å². The molecular formula is C18H12F3N3O2. The van der Waals surface area contributed by atoms with Crippen LogP contribution in [0.1, 0.15) is 11.4 Å². The molecule has 0 spiro atoms. The Hall–Kier alpha value is -3.16. The van der Waals surface area contributed by atoms with Gasteiger partial charge in [0.2, 0.25) is 11.3 Å². The third-order valence-electron chi connectivity index (χ3n) is 4.27. The van der Waals surface area contributed by atoms with Crippen LogP contribution >= 0.6 is 0 Å². The second-order valence-electron chi connectivity index (χ2n) is 5.90. The Labute approximate surface area is 144 Å². The Morgan fingerprint density at radius 1 is 1.12 bits per heavy atom. The van der Waals surface area contributed by atoms with Crippen molar-refractivity contribution in [3.63, 3.8) is 0 Å². The van der Waals surface area contributed by atoms with Gasteiger partial charge in [-0.05, 0) is 13.0 Å². The standard InChI is InChI=1S/C18H12F3N3O2/c1-9-22-14-13-11(18(19,20)21)8-12(10-6-4-3-5-7-10)23-16(13)26-15(14)17(25)24(9)2/h3-8H,1-2H3. The topological polar surface area (TPSA) is 60.9 Å². The largest absolute Gasteiger partial charge is 0.430 e. The Morgan fingerprint density at radius 2 is 1.81 bits per heavy atom. The molecule has 0 amide bonds. The number of hydrogen-bond donors (Lipinski definition) is 0. The summed E-state index contributed by atoms with van der Waals surface area (Å²) in [5.74, 6) is 0.283. The molecular weight excluding hydrogens is 347 g/mol. The van der Waals surface area contributed by atoms with Crippen LogP contribution in [0.15, 0.2) is 45.6 Å². The van der Waals surface area contributed by atoms with Crippen LogP contribution in [0.3, 0.4) is 0 Å². The lowest BCUT2D eigenvalue weighted by Crippen LogP contribution is -2.19. The number of nitrogens with zero attached hydrogens (tertiary/aromatic N) is 3. The highest BCUT2D eigenvalue weighted by atomic mass is 19.4. The van der Waals surface area contributed by atoms with Crippen LogP contribution in [0.25, 0.3) is 33.5 Å². The van der Waals surface area contributed by atoms with Crippen LogP contribution in [0.2, 0.25) is 0 Å². The molecule has 0 atom stereocenters. The second-order valence-corrected chi connectivity index (χ2v) is 5.90. The lowest BCUT2D eigenvalue weighted by Gasteiger charge is -2.10. The van der Waals surface area contributed by atoms with Crippen LogP contribution in [-0.2, 0) is 13.2 Å². The van der Waals surface area contributed by atoms with E-state index >= 15 is 0 Å². The lowest BCUT2D eigenvalue weighted by molar-refractivity contribution is -0.136. The number of pyridine rings is 1. The van der Waals surface area contributed by atoms with E-state index < -0.39 is 17.3 Å². The number of alkyl halides is 3. The number of furan rings is 1. The maximum absolute atomic E-state index is 13.7. The molecule has 0 aliphatic carbocycles. The van der Waals surface area contributed by atoms with E-state index in [2.05, 4.69) is 9.97 Å². The molecule has 5 nitrogen and oxygen atoms in total. The van der Waals surface area contributed by atoms with Crippen molar-refractivity contribution in [1.82, 2.24) is 14.5 Å². The predicted octanol–water partition coefficient (Wildman–Crippen LogP) is 4.07. The van der Waals surface area contributed by atoms with E-state index in [9.17, 15) is 18.0 Å². The van der Waals surface area contributed by atoms with Gasteiger partial charge in [0.1, 0.15) is 11.3 Å². The van der Waals surface area contributed by atoms with E-state index in [4.69, 9.17) is 4.42 Å². The highest BCUT2D eigenvalue weighted by Crippen LogP contribution is 2.39. The van der Waals surface area contributed by atoms with Crippen molar-refractivity contribution in [2.75, 3.05) is 0 Å². The van der Waals surface area contributed by atoms with Crippen molar-refractivity contribution in [2.45, 2.75) is 13.1 Å². The highest BCUT2D eigenvalue weighted by Gasteiger charge is 2.36. The van der Waals surface area contributed by atoms with E-state index in [0.717, 1.165) is 6.07 Å². The van der Waals surface area contributed by atoms with Crippen molar-refractivity contribution < 1.29 is 17.6 Å². The molecule has 3 aromatic heterocycles. The zero-order valence-corrected chi connectivity index (χ0v) is 13.8. The quantitative estimate of drug-likeness (QED) is 0.514. The normalized spacial score (nSPS) is 12.2. The number of benzene rings is 1. The van der Waals surface area contributed by atoms with Gasteiger partial charge in [0.15, 0.2) is 0 Å². The first-order valence-electron chi connectivity index (χ1n) is 7.71. The average molecular weight is 359 g/mol. The van der Waals surface area contributed by atoms with Gasteiger partial charge in [-0.2, -0.15) is 13.2 Å². The molecule has 3 heterocycles. The number of aromatic nitrogens is 3.